The number of nitrogens with one attached hydrogen (secondary N) is 3. The molecule has 0 aliphatic heterocycles. The van der Waals surface area contributed by atoms with E-state index in [0.717, 1.165) is 29.4 Å². The molecule has 2 aromatic heterocycles. The topological polar surface area (TPSA) is 112 Å². The summed E-state index contributed by atoms with van der Waals surface area (Å²) in [6, 6.07) is 9.72. The Morgan fingerprint density at radius 1 is 1.00 bits per heavy atom. The maximum Gasteiger partial charge on any atom is 0.232 e. The number of likely N-dealkylation sites (N-methyl/N-ethyl adjacent to an activating group) is 1. The third kappa shape index (κ3) is 6.32. The zero-order valence-electron chi connectivity index (χ0n) is 21.3. The van der Waals surface area contributed by atoms with E-state index in [9.17, 15) is 12.8 Å². The van der Waals surface area contributed by atoms with Gasteiger partial charge >= 0.3 is 0 Å². The number of hydrogen-bond donors (Lipinski definition) is 3. The summed E-state index contributed by atoms with van der Waals surface area (Å²) in [5.41, 5.74) is 2.34. The number of anilines is 4. The highest BCUT2D eigenvalue weighted by Crippen LogP contribution is 2.36. The summed E-state index contributed by atoms with van der Waals surface area (Å²) < 4.78 is 56.1. The van der Waals surface area contributed by atoms with Gasteiger partial charge in [-0.05, 0) is 62.5 Å². The second-order valence-corrected chi connectivity index (χ2v) is 10.8. The summed E-state index contributed by atoms with van der Waals surface area (Å²) in [6.07, 6.45) is 5.03. The van der Waals surface area contributed by atoms with E-state index in [4.69, 9.17) is 0 Å². The Bertz CT molecular complexity index is 1530. The number of benzene rings is 2. The van der Waals surface area contributed by atoms with Crippen LogP contribution < -0.4 is 15.4 Å². The molecule has 0 aliphatic rings. The zero-order valence-corrected chi connectivity index (χ0v) is 22.1. The summed E-state index contributed by atoms with van der Waals surface area (Å²) in [5, 5.41) is 6.93. The van der Waals surface area contributed by atoms with Crippen molar-refractivity contribution < 1.29 is 17.2 Å². The van der Waals surface area contributed by atoms with Gasteiger partial charge < -0.3 is 15.5 Å². The fraction of sp³-hybridized carbons (Fsp3) is 0.269. The van der Waals surface area contributed by atoms with E-state index in [-0.39, 0.29) is 17.3 Å². The van der Waals surface area contributed by atoms with Crippen LogP contribution in [0.2, 0.25) is 0 Å². The lowest BCUT2D eigenvalue weighted by molar-refractivity contribution is 0.425. The first kappa shape index (κ1) is 27.1. The molecule has 0 atom stereocenters. The third-order valence-corrected chi connectivity index (χ3v) is 7.18. The molecule has 0 radical (unpaired) electrons. The minimum Gasteiger partial charge on any atom is -0.383 e. The van der Waals surface area contributed by atoms with Crippen LogP contribution in [0.5, 0.6) is 0 Å². The minimum absolute atomic E-state index is 0.140. The number of pyridine rings is 1. The molecule has 0 bridgehead atoms. The number of aromatic nitrogens is 3. The Morgan fingerprint density at radius 2 is 1.76 bits per heavy atom. The van der Waals surface area contributed by atoms with Crippen LogP contribution in [0.3, 0.4) is 0 Å². The summed E-state index contributed by atoms with van der Waals surface area (Å²) in [7, 11) is 0.0770. The molecule has 4 rings (SSSR count). The van der Waals surface area contributed by atoms with Gasteiger partial charge in [0.25, 0.3) is 0 Å². The smallest absolute Gasteiger partial charge is 0.232 e. The monoisotopic (exact) mass is 541 g/mol. The van der Waals surface area contributed by atoms with Crippen molar-refractivity contribution in [3.63, 3.8) is 0 Å². The highest BCUT2D eigenvalue weighted by Gasteiger charge is 2.20. The van der Waals surface area contributed by atoms with Crippen LogP contribution in [0.4, 0.5) is 31.7 Å². The zero-order chi connectivity index (χ0) is 27.3. The van der Waals surface area contributed by atoms with Gasteiger partial charge in [0.05, 0.1) is 17.0 Å². The van der Waals surface area contributed by atoms with Crippen molar-refractivity contribution in [1.82, 2.24) is 19.9 Å². The highest BCUT2D eigenvalue weighted by atomic mass is 32.2. The van der Waals surface area contributed by atoms with E-state index >= 15 is 4.39 Å². The van der Waals surface area contributed by atoms with Gasteiger partial charge in [0.1, 0.15) is 23.6 Å². The van der Waals surface area contributed by atoms with Crippen LogP contribution in [-0.2, 0) is 10.0 Å². The molecule has 2 aromatic carbocycles. The molecule has 0 saturated carbocycles. The molecule has 2 heterocycles. The van der Waals surface area contributed by atoms with Crippen molar-refractivity contribution in [2.75, 3.05) is 48.3 Å². The molecular formula is C26H29F2N7O2S. The van der Waals surface area contributed by atoms with Crippen molar-refractivity contribution in [3.8, 4) is 11.1 Å². The summed E-state index contributed by atoms with van der Waals surface area (Å²) in [5.74, 6) is -2.08. The van der Waals surface area contributed by atoms with Crippen molar-refractivity contribution in [2.45, 2.75) is 13.3 Å². The molecular weight excluding hydrogens is 512 g/mol. The van der Waals surface area contributed by atoms with E-state index in [1.807, 2.05) is 43.1 Å². The van der Waals surface area contributed by atoms with Crippen molar-refractivity contribution >= 4 is 43.8 Å². The third-order valence-electron chi connectivity index (χ3n) is 5.72. The molecule has 4 aromatic rings. The Morgan fingerprint density at radius 3 is 2.47 bits per heavy atom. The van der Waals surface area contributed by atoms with E-state index in [1.165, 1.54) is 12.4 Å². The van der Waals surface area contributed by atoms with Gasteiger partial charge in [-0.1, -0.05) is 6.92 Å². The highest BCUT2D eigenvalue weighted by molar-refractivity contribution is 7.92. The number of rotatable bonds is 11. The van der Waals surface area contributed by atoms with Gasteiger partial charge in [-0.3, -0.25) is 9.71 Å². The van der Waals surface area contributed by atoms with Gasteiger partial charge in [-0.2, -0.15) is 0 Å². The molecule has 0 saturated heterocycles. The van der Waals surface area contributed by atoms with Gasteiger partial charge in [-0.25, -0.2) is 27.2 Å². The van der Waals surface area contributed by atoms with Gasteiger partial charge in [0, 0.05) is 42.1 Å². The molecule has 12 heteroatoms. The predicted octanol–water partition coefficient (Wildman–Crippen LogP) is 4.84. The molecule has 38 heavy (non-hydrogen) atoms. The fourth-order valence-electron chi connectivity index (χ4n) is 3.88. The maximum absolute atomic E-state index is 15.3. The molecule has 0 aliphatic carbocycles. The van der Waals surface area contributed by atoms with Crippen molar-refractivity contribution in [1.29, 1.82) is 0 Å². The van der Waals surface area contributed by atoms with Crippen LogP contribution in [0, 0.1) is 11.6 Å². The molecule has 200 valence electrons. The molecule has 0 unspecified atom stereocenters. The summed E-state index contributed by atoms with van der Waals surface area (Å²) in [6.45, 7) is 3.18. The Balaban J connectivity index is 1.76. The first-order valence-corrected chi connectivity index (χ1v) is 13.7. The second kappa shape index (κ2) is 11.7. The predicted molar refractivity (Wildman–Crippen MR) is 147 cm³/mol. The first-order chi connectivity index (χ1) is 18.2. The van der Waals surface area contributed by atoms with Crippen LogP contribution in [0.15, 0.2) is 55.1 Å². The average molecular weight is 542 g/mol. The van der Waals surface area contributed by atoms with Crippen LogP contribution >= 0.6 is 0 Å². The summed E-state index contributed by atoms with van der Waals surface area (Å²) in [4.78, 5) is 14.8. The maximum atomic E-state index is 15.3. The lowest BCUT2D eigenvalue weighted by Gasteiger charge is -2.17. The van der Waals surface area contributed by atoms with Gasteiger partial charge in [0.15, 0.2) is 5.82 Å². The summed E-state index contributed by atoms with van der Waals surface area (Å²) >= 11 is 0. The number of hydrogen-bond acceptors (Lipinski definition) is 8. The van der Waals surface area contributed by atoms with Gasteiger partial charge in [-0.15, -0.1) is 0 Å². The van der Waals surface area contributed by atoms with E-state index in [1.54, 1.807) is 19.3 Å². The Kier molecular flexibility index (Phi) is 8.32. The van der Waals surface area contributed by atoms with E-state index in [0.29, 0.717) is 23.9 Å². The molecule has 0 spiro atoms. The number of halogens is 2. The lowest BCUT2D eigenvalue weighted by Crippen LogP contribution is -2.21. The quantitative estimate of drug-likeness (QED) is 0.247. The van der Waals surface area contributed by atoms with Crippen molar-refractivity contribution in [2.24, 2.45) is 0 Å². The minimum atomic E-state index is -3.91. The molecule has 9 nitrogen and oxygen atoms in total. The Labute approximate surface area is 220 Å². The SMILES string of the molecule is CCCS(=O)(=O)Nc1c(F)ccc(Nc2ncnc3cc(NCCN(C)C)c(-c4ccncc4)cc23)c1F. The normalized spacial score (nSPS) is 11.6. The largest absolute Gasteiger partial charge is 0.383 e. The number of sulfonamides is 1. The van der Waals surface area contributed by atoms with Crippen LogP contribution in [0.25, 0.3) is 22.0 Å². The van der Waals surface area contributed by atoms with E-state index in [2.05, 4.69) is 30.5 Å². The lowest BCUT2D eigenvalue weighted by atomic mass is 10.0. The van der Waals surface area contributed by atoms with Crippen LogP contribution in [0.1, 0.15) is 13.3 Å². The van der Waals surface area contributed by atoms with Crippen molar-refractivity contribution in [3.05, 3.63) is 66.8 Å². The molecule has 0 amide bonds. The average Bonchev–Trinajstić information content (AvgIpc) is 2.88. The van der Waals surface area contributed by atoms with Gasteiger partial charge in [0.2, 0.25) is 10.0 Å². The van der Waals surface area contributed by atoms with E-state index < -0.39 is 27.3 Å². The van der Waals surface area contributed by atoms with Crippen LogP contribution in [-0.4, -0.2) is 61.2 Å². The standard InChI is InChI=1S/C26H29F2N7O2S/c1-4-13-38(36,37)34-25-20(27)5-6-21(24(25)28)33-26-19-14-18(17-7-9-29-10-8-17)22(30-11-12-35(2)3)15-23(19)31-16-32-26/h5-10,14-16,30,34H,4,11-13H2,1-3H3,(H,31,32,33). The first-order valence-electron chi connectivity index (χ1n) is 12.0. The molecule has 0 fully saturated rings. The number of nitrogens with zero attached hydrogens (tertiary/aromatic N) is 4. The fourth-order valence-corrected chi connectivity index (χ4v) is 5.02. The molecule has 3 N–H and O–H groups in total. The number of fused-ring (bicyclic) bond motifs is 1. The second-order valence-electron chi connectivity index (χ2n) is 8.93. The Hall–Kier alpha value is -3.90.